The monoisotopic (exact) mass is 299 g/mol. The van der Waals surface area contributed by atoms with Crippen LogP contribution in [0, 0.1) is 6.92 Å². The molecule has 0 radical (unpaired) electrons. The third kappa shape index (κ3) is 2.52. The van der Waals surface area contributed by atoms with Crippen LogP contribution >= 0.6 is 23.2 Å². The number of benzene rings is 1. The van der Waals surface area contributed by atoms with E-state index in [0.29, 0.717) is 21.6 Å². The third-order valence-corrected chi connectivity index (χ3v) is 3.00. The SMILES string of the molecule is COC(=O)c1nc(C)n(-c2cc(Cl)cc(Cl)c2)c1N. The molecule has 0 bridgehead atoms. The molecule has 1 aromatic heterocycles. The van der Waals surface area contributed by atoms with Gasteiger partial charge in [-0.05, 0) is 25.1 Å². The van der Waals surface area contributed by atoms with Gasteiger partial charge in [-0.15, -0.1) is 0 Å². The second kappa shape index (κ2) is 5.11. The number of aryl methyl sites for hydroxylation is 1. The number of ether oxygens (including phenoxy) is 1. The number of hydrogen-bond acceptors (Lipinski definition) is 4. The highest BCUT2D eigenvalue weighted by molar-refractivity contribution is 6.34. The Hall–Kier alpha value is -1.72. The van der Waals surface area contributed by atoms with Crippen LogP contribution in [0.2, 0.25) is 10.0 Å². The van der Waals surface area contributed by atoms with Gasteiger partial charge in [-0.1, -0.05) is 23.2 Å². The van der Waals surface area contributed by atoms with Crippen LogP contribution < -0.4 is 5.73 Å². The lowest BCUT2D eigenvalue weighted by molar-refractivity contribution is 0.0596. The summed E-state index contributed by atoms with van der Waals surface area (Å²) in [6.45, 7) is 1.72. The zero-order chi connectivity index (χ0) is 14.2. The quantitative estimate of drug-likeness (QED) is 0.866. The summed E-state index contributed by atoms with van der Waals surface area (Å²) >= 11 is 11.9. The summed E-state index contributed by atoms with van der Waals surface area (Å²) in [6, 6.07) is 4.97. The number of aromatic nitrogens is 2. The first-order chi connectivity index (χ1) is 8.93. The van der Waals surface area contributed by atoms with Gasteiger partial charge < -0.3 is 10.5 Å². The molecule has 0 saturated carbocycles. The van der Waals surface area contributed by atoms with Gasteiger partial charge in [-0.25, -0.2) is 9.78 Å². The lowest BCUT2D eigenvalue weighted by Gasteiger charge is -2.08. The van der Waals surface area contributed by atoms with E-state index in [1.54, 1.807) is 29.7 Å². The number of nitrogen functional groups attached to an aromatic ring is 1. The highest BCUT2D eigenvalue weighted by atomic mass is 35.5. The molecule has 1 aromatic carbocycles. The molecule has 0 spiro atoms. The van der Waals surface area contributed by atoms with Crippen molar-refractivity contribution in [3.05, 3.63) is 39.8 Å². The van der Waals surface area contributed by atoms with Crippen molar-refractivity contribution in [3.8, 4) is 5.69 Å². The fraction of sp³-hybridized carbons (Fsp3) is 0.167. The van der Waals surface area contributed by atoms with Crippen LogP contribution in [-0.2, 0) is 4.74 Å². The van der Waals surface area contributed by atoms with Gasteiger partial charge in [0.1, 0.15) is 11.6 Å². The summed E-state index contributed by atoms with van der Waals surface area (Å²) in [6.07, 6.45) is 0. The highest BCUT2D eigenvalue weighted by Crippen LogP contribution is 2.26. The Morgan fingerprint density at radius 3 is 2.42 bits per heavy atom. The fourth-order valence-corrected chi connectivity index (χ4v) is 2.31. The number of carbonyl (C=O) groups is 1. The maximum atomic E-state index is 11.5. The average Bonchev–Trinajstić information content (AvgIpc) is 2.62. The number of carbonyl (C=O) groups excluding carboxylic acids is 1. The maximum Gasteiger partial charge on any atom is 0.360 e. The van der Waals surface area contributed by atoms with Crippen LogP contribution in [0.3, 0.4) is 0 Å². The predicted molar refractivity (Wildman–Crippen MR) is 74.1 cm³/mol. The topological polar surface area (TPSA) is 70.1 Å². The van der Waals surface area contributed by atoms with E-state index in [-0.39, 0.29) is 11.5 Å². The van der Waals surface area contributed by atoms with E-state index < -0.39 is 5.97 Å². The summed E-state index contributed by atoms with van der Waals surface area (Å²) in [5.41, 5.74) is 6.63. The molecule has 100 valence electrons. The average molecular weight is 300 g/mol. The highest BCUT2D eigenvalue weighted by Gasteiger charge is 2.20. The van der Waals surface area contributed by atoms with Gasteiger partial charge in [-0.2, -0.15) is 0 Å². The molecule has 5 nitrogen and oxygen atoms in total. The number of methoxy groups -OCH3 is 1. The molecule has 0 unspecified atom stereocenters. The van der Waals surface area contributed by atoms with Crippen molar-refractivity contribution >= 4 is 35.0 Å². The minimum atomic E-state index is -0.590. The molecule has 1 heterocycles. The fourth-order valence-electron chi connectivity index (χ4n) is 1.79. The van der Waals surface area contributed by atoms with Crippen LogP contribution in [0.15, 0.2) is 18.2 Å². The molecule has 0 aliphatic heterocycles. The molecule has 2 rings (SSSR count). The number of halogens is 2. The smallest absolute Gasteiger partial charge is 0.360 e. The third-order valence-electron chi connectivity index (χ3n) is 2.56. The molecule has 0 aliphatic carbocycles. The normalized spacial score (nSPS) is 10.5. The second-order valence-electron chi connectivity index (χ2n) is 3.85. The Bertz CT molecular complexity index is 632. The van der Waals surface area contributed by atoms with E-state index in [1.165, 1.54) is 7.11 Å². The number of nitrogens with two attached hydrogens (primary N) is 1. The zero-order valence-corrected chi connectivity index (χ0v) is 11.8. The van der Waals surface area contributed by atoms with Crippen LogP contribution in [0.25, 0.3) is 5.69 Å². The van der Waals surface area contributed by atoms with Crippen molar-refractivity contribution in [1.29, 1.82) is 0 Å². The Morgan fingerprint density at radius 1 is 1.32 bits per heavy atom. The summed E-state index contributed by atoms with van der Waals surface area (Å²) in [7, 11) is 1.27. The van der Waals surface area contributed by atoms with Crippen molar-refractivity contribution in [2.45, 2.75) is 6.92 Å². The zero-order valence-electron chi connectivity index (χ0n) is 10.3. The number of esters is 1. The number of rotatable bonds is 2. The summed E-state index contributed by atoms with van der Waals surface area (Å²) in [5, 5.41) is 0.934. The number of anilines is 1. The minimum absolute atomic E-state index is 0.0658. The van der Waals surface area contributed by atoms with E-state index in [9.17, 15) is 4.79 Å². The van der Waals surface area contributed by atoms with Gasteiger partial charge in [0.05, 0.1) is 12.8 Å². The Morgan fingerprint density at radius 2 is 1.89 bits per heavy atom. The molecular weight excluding hydrogens is 289 g/mol. The first kappa shape index (κ1) is 13.7. The van der Waals surface area contributed by atoms with Crippen molar-refractivity contribution in [3.63, 3.8) is 0 Å². The summed E-state index contributed by atoms with van der Waals surface area (Å²) in [5.74, 6) is 0.131. The molecule has 2 aromatic rings. The predicted octanol–water partition coefficient (Wildman–Crippen LogP) is 2.86. The van der Waals surface area contributed by atoms with Crippen LogP contribution in [-0.4, -0.2) is 22.6 Å². The molecule has 19 heavy (non-hydrogen) atoms. The van der Waals surface area contributed by atoms with Gasteiger partial charge in [0.25, 0.3) is 0 Å². The van der Waals surface area contributed by atoms with Crippen molar-refractivity contribution in [2.24, 2.45) is 0 Å². The van der Waals surface area contributed by atoms with Gasteiger partial charge in [0.15, 0.2) is 5.69 Å². The Kier molecular flexibility index (Phi) is 3.68. The molecule has 2 N–H and O–H groups in total. The van der Waals surface area contributed by atoms with Crippen molar-refractivity contribution in [2.75, 3.05) is 12.8 Å². The molecule has 0 amide bonds. The molecular formula is C12H11Cl2N3O2. The van der Waals surface area contributed by atoms with Crippen LogP contribution in [0.5, 0.6) is 0 Å². The molecule has 0 saturated heterocycles. The van der Waals surface area contributed by atoms with Crippen LogP contribution in [0.1, 0.15) is 16.3 Å². The second-order valence-corrected chi connectivity index (χ2v) is 4.72. The largest absolute Gasteiger partial charge is 0.464 e. The van der Waals surface area contributed by atoms with Gasteiger partial charge >= 0.3 is 5.97 Å². The number of nitrogens with zero attached hydrogens (tertiary/aromatic N) is 2. The first-order valence-corrected chi connectivity index (χ1v) is 6.09. The van der Waals surface area contributed by atoms with Gasteiger partial charge in [0.2, 0.25) is 0 Å². The van der Waals surface area contributed by atoms with E-state index in [0.717, 1.165) is 0 Å². The van der Waals surface area contributed by atoms with Gasteiger partial charge in [-0.3, -0.25) is 4.57 Å². The van der Waals surface area contributed by atoms with E-state index in [1.807, 2.05) is 0 Å². The Balaban J connectivity index is 2.62. The maximum absolute atomic E-state index is 11.5. The standard InChI is InChI=1S/C12H11Cl2N3O2/c1-6-16-10(12(18)19-2)11(15)17(6)9-4-7(13)3-8(14)5-9/h3-5H,15H2,1-2H3. The molecule has 0 aliphatic rings. The minimum Gasteiger partial charge on any atom is -0.464 e. The van der Waals surface area contributed by atoms with Crippen molar-refractivity contribution < 1.29 is 9.53 Å². The lowest BCUT2D eigenvalue weighted by atomic mass is 10.3. The summed E-state index contributed by atoms with van der Waals surface area (Å²) < 4.78 is 6.21. The molecule has 0 atom stereocenters. The lowest BCUT2D eigenvalue weighted by Crippen LogP contribution is -2.07. The molecule has 7 heteroatoms. The first-order valence-electron chi connectivity index (χ1n) is 5.33. The summed E-state index contributed by atoms with van der Waals surface area (Å²) in [4.78, 5) is 15.6. The number of imidazole rings is 1. The molecule has 0 fully saturated rings. The van der Waals surface area contributed by atoms with E-state index in [4.69, 9.17) is 28.9 Å². The van der Waals surface area contributed by atoms with Crippen molar-refractivity contribution in [1.82, 2.24) is 9.55 Å². The van der Waals surface area contributed by atoms with E-state index >= 15 is 0 Å². The van der Waals surface area contributed by atoms with Gasteiger partial charge in [0, 0.05) is 10.0 Å². The van der Waals surface area contributed by atoms with E-state index in [2.05, 4.69) is 9.72 Å². The Labute approximate surface area is 119 Å². The van der Waals surface area contributed by atoms with Crippen LogP contribution in [0.4, 0.5) is 5.82 Å². The number of hydrogen-bond donors (Lipinski definition) is 1.